The molecule has 0 bridgehead atoms. The van der Waals surface area contributed by atoms with Crippen LogP contribution in [-0.4, -0.2) is 28.9 Å². The van der Waals surface area contributed by atoms with Gasteiger partial charge in [-0.3, -0.25) is 14.9 Å². The van der Waals surface area contributed by atoms with Gasteiger partial charge in [0, 0.05) is 36.0 Å². The molecule has 1 saturated heterocycles. The highest BCUT2D eigenvalue weighted by atomic mass is 16.6. The lowest BCUT2D eigenvalue weighted by Crippen LogP contribution is -2.30. The number of carbonyl (C=O) groups is 1. The number of rotatable bonds is 5. The lowest BCUT2D eigenvalue weighted by molar-refractivity contribution is -0.384. The third-order valence-corrected chi connectivity index (χ3v) is 6.87. The van der Waals surface area contributed by atoms with Crippen molar-refractivity contribution in [1.29, 1.82) is 0 Å². The Morgan fingerprint density at radius 3 is 2.47 bits per heavy atom. The molecule has 36 heavy (non-hydrogen) atoms. The lowest BCUT2D eigenvalue weighted by atomic mass is 10.1. The van der Waals surface area contributed by atoms with Crippen LogP contribution in [0.25, 0.3) is 22.6 Å². The summed E-state index contributed by atoms with van der Waals surface area (Å²) in [6.07, 6.45) is 3.15. The molecule has 1 fully saturated rings. The number of aryl methyl sites for hydroxylation is 3. The quantitative estimate of drug-likeness (QED) is 0.254. The SMILES string of the molecule is Cc1cc2nc(-c3ccc(C)c(NC(=O)c4ccc(N5CCCCC5)c([N+](=O)[O-])c4)c3)oc2cc1C. The number of nitrogens with zero attached hydrogens (tertiary/aromatic N) is 3. The number of hydrogen-bond acceptors (Lipinski definition) is 6. The number of carbonyl (C=O) groups excluding carboxylic acids is 1. The first-order chi connectivity index (χ1) is 17.3. The summed E-state index contributed by atoms with van der Waals surface area (Å²) in [5.74, 6) is 0.0550. The smallest absolute Gasteiger partial charge is 0.293 e. The van der Waals surface area contributed by atoms with Gasteiger partial charge in [-0.1, -0.05) is 6.07 Å². The molecular weight excluding hydrogens is 456 g/mol. The third-order valence-electron chi connectivity index (χ3n) is 6.87. The van der Waals surface area contributed by atoms with Crippen LogP contribution in [0.3, 0.4) is 0 Å². The summed E-state index contributed by atoms with van der Waals surface area (Å²) in [6.45, 7) is 7.52. The van der Waals surface area contributed by atoms with Crippen LogP contribution in [0.4, 0.5) is 17.1 Å². The molecule has 0 spiro atoms. The normalized spacial score (nSPS) is 13.7. The number of aromatic nitrogens is 1. The fraction of sp³-hybridized carbons (Fsp3) is 0.286. The van der Waals surface area contributed by atoms with Crippen molar-refractivity contribution in [2.45, 2.75) is 40.0 Å². The van der Waals surface area contributed by atoms with Gasteiger partial charge in [0.1, 0.15) is 11.2 Å². The van der Waals surface area contributed by atoms with Crippen LogP contribution in [0.15, 0.2) is 52.9 Å². The lowest BCUT2D eigenvalue weighted by Gasteiger charge is -2.28. The maximum atomic E-state index is 13.1. The van der Waals surface area contributed by atoms with E-state index in [4.69, 9.17) is 4.42 Å². The molecule has 4 aromatic rings. The van der Waals surface area contributed by atoms with Crippen molar-refractivity contribution < 1.29 is 14.1 Å². The molecule has 3 aromatic carbocycles. The zero-order valence-corrected chi connectivity index (χ0v) is 20.6. The zero-order chi connectivity index (χ0) is 25.4. The van der Waals surface area contributed by atoms with Crippen LogP contribution < -0.4 is 10.2 Å². The number of nitro benzene ring substituents is 1. The first kappa shape index (κ1) is 23.5. The number of fused-ring (bicyclic) bond motifs is 1. The van der Waals surface area contributed by atoms with Crippen LogP contribution in [0.1, 0.15) is 46.3 Å². The number of oxazole rings is 1. The zero-order valence-electron chi connectivity index (χ0n) is 20.6. The predicted octanol–water partition coefficient (Wildman–Crippen LogP) is 6.57. The van der Waals surface area contributed by atoms with Gasteiger partial charge in [-0.25, -0.2) is 4.98 Å². The van der Waals surface area contributed by atoms with Crippen LogP contribution in [0.2, 0.25) is 0 Å². The van der Waals surface area contributed by atoms with Crippen molar-refractivity contribution in [3.8, 4) is 11.5 Å². The Hall–Kier alpha value is -4.20. The molecule has 8 heteroatoms. The van der Waals surface area contributed by atoms with Crippen LogP contribution in [0.5, 0.6) is 0 Å². The van der Waals surface area contributed by atoms with Gasteiger partial charge in [0.25, 0.3) is 11.6 Å². The van der Waals surface area contributed by atoms with Crippen molar-refractivity contribution in [1.82, 2.24) is 4.98 Å². The molecule has 8 nitrogen and oxygen atoms in total. The van der Waals surface area contributed by atoms with E-state index in [1.54, 1.807) is 12.1 Å². The summed E-state index contributed by atoms with van der Waals surface area (Å²) in [4.78, 5) is 31.1. The molecule has 184 valence electrons. The van der Waals surface area contributed by atoms with Crippen molar-refractivity contribution in [3.63, 3.8) is 0 Å². The van der Waals surface area contributed by atoms with Gasteiger partial charge in [0.2, 0.25) is 5.89 Å². The summed E-state index contributed by atoms with van der Waals surface area (Å²) in [5, 5.41) is 14.7. The van der Waals surface area contributed by atoms with Crippen molar-refractivity contribution in [2.75, 3.05) is 23.3 Å². The Bertz CT molecular complexity index is 1450. The van der Waals surface area contributed by atoms with Gasteiger partial charge < -0.3 is 14.6 Å². The van der Waals surface area contributed by atoms with Gasteiger partial charge in [0.05, 0.1) is 4.92 Å². The van der Waals surface area contributed by atoms with E-state index in [0.29, 0.717) is 22.8 Å². The van der Waals surface area contributed by atoms with E-state index >= 15 is 0 Å². The van der Waals surface area contributed by atoms with Gasteiger partial charge in [-0.15, -0.1) is 0 Å². The van der Waals surface area contributed by atoms with Gasteiger partial charge in [-0.05, 0) is 93.1 Å². The fourth-order valence-corrected chi connectivity index (χ4v) is 4.60. The molecule has 0 radical (unpaired) electrons. The summed E-state index contributed by atoms with van der Waals surface area (Å²) >= 11 is 0. The van der Waals surface area contributed by atoms with Crippen molar-refractivity contribution in [2.24, 2.45) is 0 Å². The Morgan fingerprint density at radius 2 is 1.72 bits per heavy atom. The summed E-state index contributed by atoms with van der Waals surface area (Å²) in [7, 11) is 0. The number of hydrogen-bond donors (Lipinski definition) is 1. The van der Waals surface area contributed by atoms with E-state index in [-0.39, 0.29) is 11.3 Å². The number of nitrogens with one attached hydrogen (secondary N) is 1. The maximum Gasteiger partial charge on any atom is 0.293 e. The van der Waals surface area contributed by atoms with E-state index in [1.807, 2.05) is 56.0 Å². The Morgan fingerprint density at radius 1 is 0.972 bits per heavy atom. The van der Waals surface area contributed by atoms with Crippen LogP contribution in [-0.2, 0) is 0 Å². The monoisotopic (exact) mass is 484 g/mol. The molecule has 1 aromatic heterocycles. The Labute approximate surface area is 209 Å². The number of nitro groups is 1. The van der Waals surface area contributed by atoms with E-state index < -0.39 is 10.8 Å². The third kappa shape index (κ3) is 4.54. The fourth-order valence-electron chi connectivity index (χ4n) is 4.60. The van der Waals surface area contributed by atoms with Crippen molar-refractivity contribution in [3.05, 3.63) is 80.9 Å². The minimum Gasteiger partial charge on any atom is -0.436 e. The minimum atomic E-state index is -0.413. The number of piperidine rings is 1. The number of amides is 1. The average Bonchev–Trinajstić information content (AvgIpc) is 3.28. The second kappa shape index (κ2) is 9.45. The van der Waals surface area contributed by atoms with Gasteiger partial charge >= 0.3 is 0 Å². The summed E-state index contributed by atoms with van der Waals surface area (Å²) in [5.41, 5.74) is 6.68. The first-order valence-corrected chi connectivity index (χ1v) is 12.1. The highest BCUT2D eigenvalue weighted by molar-refractivity contribution is 6.05. The molecule has 1 N–H and O–H groups in total. The summed E-state index contributed by atoms with van der Waals surface area (Å²) in [6, 6.07) is 14.3. The van der Waals surface area contributed by atoms with E-state index in [2.05, 4.69) is 10.3 Å². The topological polar surface area (TPSA) is 102 Å². The molecular formula is C28H28N4O4. The Balaban J connectivity index is 1.42. The number of anilines is 2. The highest BCUT2D eigenvalue weighted by Gasteiger charge is 2.23. The first-order valence-electron chi connectivity index (χ1n) is 12.1. The molecule has 0 saturated carbocycles. The Kier molecular flexibility index (Phi) is 6.18. The number of benzene rings is 3. The standard InChI is InChI=1S/C28H28N4O4/c1-17-7-8-21(28-30-23-13-18(2)19(3)14-26(23)36-28)15-22(17)29-27(33)20-9-10-24(25(16-20)32(34)35)31-11-5-4-6-12-31/h7-10,13-16H,4-6,11-12H2,1-3H3,(H,29,33). The van der Waals surface area contributed by atoms with Crippen LogP contribution >= 0.6 is 0 Å². The molecule has 0 aliphatic carbocycles. The minimum absolute atomic E-state index is 0.0490. The molecule has 1 aliphatic rings. The van der Waals surface area contributed by atoms with E-state index in [0.717, 1.165) is 60.1 Å². The molecule has 0 atom stereocenters. The second-order valence-corrected chi connectivity index (χ2v) is 9.42. The summed E-state index contributed by atoms with van der Waals surface area (Å²) < 4.78 is 5.98. The predicted molar refractivity (Wildman–Crippen MR) is 141 cm³/mol. The maximum absolute atomic E-state index is 13.1. The van der Waals surface area contributed by atoms with E-state index in [1.165, 1.54) is 6.07 Å². The van der Waals surface area contributed by atoms with Gasteiger partial charge in [0.15, 0.2) is 5.58 Å². The molecule has 5 rings (SSSR count). The second-order valence-electron chi connectivity index (χ2n) is 9.42. The van der Waals surface area contributed by atoms with Gasteiger partial charge in [-0.2, -0.15) is 0 Å². The van der Waals surface area contributed by atoms with Crippen molar-refractivity contribution >= 4 is 34.1 Å². The molecule has 1 amide bonds. The van der Waals surface area contributed by atoms with Crippen LogP contribution in [0, 0.1) is 30.9 Å². The molecule has 2 heterocycles. The average molecular weight is 485 g/mol. The highest BCUT2D eigenvalue weighted by Crippen LogP contribution is 2.33. The molecule has 0 unspecified atom stereocenters. The molecule has 1 aliphatic heterocycles. The largest absolute Gasteiger partial charge is 0.436 e. The van der Waals surface area contributed by atoms with E-state index in [9.17, 15) is 14.9 Å².